The predicted molar refractivity (Wildman–Crippen MR) is 87.6 cm³/mol. The van der Waals surface area contributed by atoms with Crippen LogP contribution in [0.25, 0.3) is 11.4 Å². The predicted octanol–water partition coefficient (Wildman–Crippen LogP) is 3.61. The smallest absolute Gasteiger partial charge is 0.217 e. The molecule has 0 spiro atoms. The molecule has 1 aromatic carbocycles. The van der Waals surface area contributed by atoms with Gasteiger partial charge in [-0.3, -0.25) is 10.00 Å². The molecule has 0 unspecified atom stereocenters. The van der Waals surface area contributed by atoms with Crippen LogP contribution in [-0.2, 0) is 13.1 Å². The number of nitrogens with zero attached hydrogens (tertiary/aromatic N) is 3. The molecule has 0 saturated carbocycles. The maximum absolute atomic E-state index is 5.38. The van der Waals surface area contributed by atoms with Gasteiger partial charge in [0.1, 0.15) is 0 Å². The zero-order chi connectivity index (χ0) is 14.7. The standard InChI is InChI=1S/C16H22N4S/c1-2-13-6-8-14(9-7-13)15-17-16(21)20(18-15)12-19-10-4-3-5-11-19/h6-9H,2-5,10-12H2,1H3,(H,17,18,21). The van der Waals surface area contributed by atoms with Crippen LogP contribution in [0.4, 0.5) is 0 Å². The van der Waals surface area contributed by atoms with Crippen molar-refractivity contribution in [3.05, 3.63) is 34.6 Å². The van der Waals surface area contributed by atoms with Crippen LogP contribution in [0.15, 0.2) is 24.3 Å². The zero-order valence-corrected chi connectivity index (χ0v) is 13.3. The normalized spacial score (nSPS) is 16.2. The molecule has 0 atom stereocenters. The Hall–Kier alpha value is -1.46. The summed E-state index contributed by atoms with van der Waals surface area (Å²) in [7, 11) is 0. The van der Waals surface area contributed by atoms with E-state index >= 15 is 0 Å². The van der Waals surface area contributed by atoms with Crippen LogP contribution in [0.3, 0.4) is 0 Å². The molecule has 1 saturated heterocycles. The number of aromatic nitrogens is 3. The summed E-state index contributed by atoms with van der Waals surface area (Å²) in [6.45, 7) is 5.29. The molecule has 3 rings (SSSR count). The van der Waals surface area contributed by atoms with Gasteiger partial charge in [-0.1, -0.05) is 37.6 Å². The lowest BCUT2D eigenvalue weighted by Gasteiger charge is -2.26. The highest BCUT2D eigenvalue weighted by molar-refractivity contribution is 7.71. The van der Waals surface area contributed by atoms with Gasteiger partial charge in [-0.25, -0.2) is 4.68 Å². The van der Waals surface area contributed by atoms with Gasteiger partial charge in [0.05, 0.1) is 6.67 Å². The summed E-state index contributed by atoms with van der Waals surface area (Å²) in [6, 6.07) is 8.51. The molecule has 1 aromatic heterocycles. The van der Waals surface area contributed by atoms with E-state index in [-0.39, 0.29) is 0 Å². The fourth-order valence-corrected chi connectivity index (χ4v) is 2.98. The van der Waals surface area contributed by atoms with Crippen molar-refractivity contribution in [1.29, 1.82) is 0 Å². The molecular weight excluding hydrogens is 280 g/mol. The molecule has 112 valence electrons. The average Bonchev–Trinajstić information content (AvgIpc) is 2.89. The average molecular weight is 302 g/mol. The molecule has 21 heavy (non-hydrogen) atoms. The maximum atomic E-state index is 5.38. The van der Waals surface area contributed by atoms with Gasteiger partial charge >= 0.3 is 0 Å². The van der Waals surface area contributed by atoms with E-state index < -0.39 is 0 Å². The molecule has 4 nitrogen and oxygen atoms in total. The zero-order valence-electron chi connectivity index (χ0n) is 12.5. The molecule has 1 aliphatic rings. The first-order chi connectivity index (χ1) is 10.3. The van der Waals surface area contributed by atoms with Gasteiger partial charge in [-0.05, 0) is 50.1 Å². The van der Waals surface area contributed by atoms with Gasteiger partial charge in [0.2, 0.25) is 4.77 Å². The van der Waals surface area contributed by atoms with Crippen LogP contribution in [0.1, 0.15) is 31.7 Å². The van der Waals surface area contributed by atoms with Gasteiger partial charge < -0.3 is 0 Å². The van der Waals surface area contributed by atoms with Crippen LogP contribution in [0.2, 0.25) is 0 Å². The molecule has 2 aromatic rings. The summed E-state index contributed by atoms with van der Waals surface area (Å²) in [6.07, 6.45) is 4.97. The summed E-state index contributed by atoms with van der Waals surface area (Å²) < 4.78 is 2.61. The van der Waals surface area contributed by atoms with E-state index in [1.54, 1.807) is 0 Å². The summed E-state index contributed by atoms with van der Waals surface area (Å²) >= 11 is 5.38. The lowest BCUT2D eigenvalue weighted by molar-refractivity contribution is 0.172. The number of hydrogen-bond acceptors (Lipinski definition) is 3. The Labute approximate surface area is 130 Å². The highest BCUT2D eigenvalue weighted by Gasteiger charge is 2.12. The molecule has 1 fully saturated rings. The fraction of sp³-hybridized carbons (Fsp3) is 0.500. The molecule has 0 amide bonds. The third-order valence-electron chi connectivity index (χ3n) is 4.10. The third kappa shape index (κ3) is 3.41. The molecular formula is C16H22N4S. The summed E-state index contributed by atoms with van der Waals surface area (Å²) in [5, 5.41) is 3.34. The Kier molecular flexibility index (Phi) is 4.51. The minimum absolute atomic E-state index is 0.634. The van der Waals surface area contributed by atoms with Crippen LogP contribution >= 0.6 is 12.2 Å². The first-order valence-corrected chi connectivity index (χ1v) is 8.15. The van der Waals surface area contributed by atoms with E-state index in [2.05, 4.69) is 46.2 Å². The number of piperidine rings is 1. The molecule has 2 heterocycles. The first kappa shape index (κ1) is 14.5. The van der Waals surface area contributed by atoms with Crippen molar-refractivity contribution in [2.75, 3.05) is 13.1 Å². The van der Waals surface area contributed by atoms with Gasteiger partial charge in [-0.15, -0.1) is 0 Å². The van der Waals surface area contributed by atoms with E-state index in [0.29, 0.717) is 4.77 Å². The third-order valence-corrected chi connectivity index (χ3v) is 4.42. The monoisotopic (exact) mass is 302 g/mol. The van der Waals surface area contributed by atoms with Crippen LogP contribution in [0, 0.1) is 4.77 Å². The lowest BCUT2D eigenvalue weighted by Crippen LogP contribution is -2.32. The number of hydrogen-bond donors (Lipinski definition) is 1. The van der Waals surface area contributed by atoms with Crippen LogP contribution in [-0.4, -0.2) is 32.8 Å². The van der Waals surface area contributed by atoms with E-state index in [0.717, 1.165) is 37.6 Å². The van der Waals surface area contributed by atoms with Crippen molar-refractivity contribution in [3.8, 4) is 11.4 Å². The molecule has 5 heteroatoms. The van der Waals surface area contributed by atoms with Crippen molar-refractivity contribution < 1.29 is 0 Å². The van der Waals surface area contributed by atoms with Gasteiger partial charge in [0.15, 0.2) is 5.82 Å². The summed E-state index contributed by atoms with van der Waals surface area (Å²) in [5.41, 5.74) is 2.43. The Morgan fingerprint density at radius 1 is 1.14 bits per heavy atom. The second-order valence-corrected chi connectivity index (χ2v) is 6.02. The van der Waals surface area contributed by atoms with E-state index in [1.165, 1.54) is 24.8 Å². The Bertz CT molecular complexity index is 635. The van der Waals surface area contributed by atoms with Crippen LogP contribution in [0.5, 0.6) is 0 Å². The number of H-pyrrole nitrogens is 1. The van der Waals surface area contributed by atoms with E-state index in [4.69, 9.17) is 12.2 Å². The number of likely N-dealkylation sites (tertiary alicyclic amines) is 1. The number of aromatic amines is 1. The highest BCUT2D eigenvalue weighted by Crippen LogP contribution is 2.17. The second kappa shape index (κ2) is 6.54. The fourth-order valence-electron chi connectivity index (χ4n) is 2.78. The SMILES string of the molecule is CCc1ccc(-c2nc(=S)n(CN3CCCCC3)[nH]2)cc1. The van der Waals surface area contributed by atoms with Gasteiger partial charge in [0.25, 0.3) is 0 Å². The number of rotatable bonds is 4. The Morgan fingerprint density at radius 2 is 1.86 bits per heavy atom. The van der Waals surface area contributed by atoms with E-state index in [1.807, 2.05) is 4.68 Å². The number of benzene rings is 1. The number of aryl methyl sites for hydroxylation is 1. The van der Waals surface area contributed by atoms with Crippen LogP contribution < -0.4 is 0 Å². The Morgan fingerprint density at radius 3 is 2.52 bits per heavy atom. The van der Waals surface area contributed by atoms with Crippen molar-refractivity contribution in [1.82, 2.24) is 19.7 Å². The van der Waals surface area contributed by atoms with Crippen molar-refractivity contribution in [2.24, 2.45) is 0 Å². The quantitative estimate of drug-likeness (QED) is 0.877. The van der Waals surface area contributed by atoms with Gasteiger partial charge in [0, 0.05) is 5.56 Å². The lowest BCUT2D eigenvalue weighted by atomic mass is 10.1. The molecule has 0 bridgehead atoms. The topological polar surface area (TPSA) is 36.9 Å². The molecule has 0 radical (unpaired) electrons. The van der Waals surface area contributed by atoms with Gasteiger partial charge in [-0.2, -0.15) is 4.98 Å². The first-order valence-electron chi connectivity index (χ1n) is 7.75. The molecule has 0 aliphatic carbocycles. The maximum Gasteiger partial charge on any atom is 0.217 e. The Balaban J connectivity index is 1.78. The molecule has 1 N–H and O–H groups in total. The molecule has 1 aliphatic heterocycles. The number of nitrogens with one attached hydrogen (secondary N) is 1. The van der Waals surface area contributed by atoms with E-state index in [9.17, 15) is 0 Å². The van der Waals surface area contributed by atoms with Crippen molar-refractivity contribution in [2.45, 2.75) is 39.3 Å². The summed E-state index contributed by atoms with van der Waals surface area (Å²) in [5.74, 6) is 0.861. The highest BCUT2D eigenvalue weighted by atomic mass is 32.1. The second-order valence-electron chi connectivity index (χ2n) is 5.65. The summed E-state index contributed by atoms with van der Waals surface area (Å²) in [4.78, 5) is 6.93. The largest absolute Gasteiger partial charge is 0.284 e. The van der Waals surface area contributed by atoms with Crippen molar-refractivity contribution >= 4 is 12.2 Å². The van der Waals surface area contributed by atoms with Crippen molar-refractivity contribution in [3.63, 3.8) is 0 Å². The minimum Gasteiger partial charge on any atom is -0.284 e. The minimum atomic E-state index is 0.634.